The molecule has 0 fully saturated rings. The molecule has 1 aromatic carbocycles. The van der Waals surface area contributed by atoms with Crippen LogP contribution in [0.15, 0.2) is 24.3 Å². The molecule has 0 atom stereocenters. The second-order valence-corrected chi connectivity index (χ2v) is 4.12. The van der Waals surface area contributed by atoms with Crippen LogP contribution in [0.1, 0.15) is 31.7 Å². The lowest BCUT2D eigenvalue weighted by Crippen LogP contribution is -2.25. The van der Waals surface area contributed by atoms with Crippen molar-refractivity contribution in [3.8, 4) is 5.75 Å². The Labute approximate surface area is 103 Å². The van der Waals surface area contributed by atoms with Gasteiger partial charge in [0.25, 0.3) is 0 Å². The van der Waals surface area contributed by atoms with Crippen LogP contribution in [0, 0.1) is 6.92 Å². The molecule has 1 N–H and O–H groups in total. The molecule has 94 valence electrons. The smallest absolute Gasteiger partial charge is 0.223 e. The quantitative estimate of drug-likeness (QED) is 0.738. The van der Waals surface area contributed by atoms with Crippen molar-refractivity contribution in [2.75, 3.05) is 13.2 Å². The molecular weight excluding hydrogens is 214 g/mol. The molecule has 0 heterocycles. The first kappa shape index (κ1) is 13.6. The number of hydrogen-bond acceptors (Lipinski definition) is 2. The van der Waals surface area contributed by atoms with E-state index in [1.165, 1.54) is 0 Å². The van der Waals surface area contributed by atoms with Crippen molar-refractivity contribution in [3.63, 3.8) is 0 Å². The molecule has 0 aromatic heterocycles. The number of carbonyl (C=O) groups excluding carboxylic acids is 1. The van der Waals surface area contributed by atoms with Crippen LogP contribution in [-0.2, 0) is 4.79 Å². The minimum atomic E-state index is 0.0612. The number of carbonyl (C=O) groups is 1. The highest BCUT2D eigenvalue weighted by atomic mass is 16.5. The van der Waals surface area contributed by atoms with E-state index >= 15 is 0 Å². The number of amides is 1. The number of benzene rings is 1. The molecule has 0 saturated heterocycles. The molecule has 0 aliphatic heterocycles. The van der Waals surface area contributed by atoms with Gasteiger partial charge in [-0.2, -0.15) is 0 Å². The Balaban J connectivity index is 2.17. The number of nitrogens with one attached hydrogen (secondary N) is 1. The SMILES string of the molecule is CCCCNC(=O)CCOc1cccc(C)c1. The lowest BCUT2D eigenvalue weighted by Gasteiger charge is -2.07. The maximum absolute atomic E-state index is 11.4. The summed E-state index contributed by atoms with van der Waals surface area (Å²) in [6.45, 7) is 5.32. The Bertz CT molecular complexity index is 350. The van der Waals surface area contributed by atoms with Gasteiger partial charge in [-0.25, -0.2) is 0 Å². The molecule has 0 aliphatic carbocycles. The van der Waals surface area contributed by atoms with Gasteiger partial charge in [0.05, 0.1) is 13.0 Å². The van der Waals surface area contributed by atoms with Gasteiger partial charge in [-0.05, 0) is 31.0 Å². The van der Waals surface area contributed by atoms with Crippen molar-refractivity contribution in [1.29, 1.82) is 0 Å². The second-order valence-electron chi connectivity index (χ2n) is 4.12. The van der Waals surface area contributed by atoms with E-state index in [2.05, 4.69) is 12.2 Å². The average Bonchev–Trinajstić information content (AvgIpc) is 2.29. The van der Waals surface area contributed by atoms with Crippen LogP contribution in [0.25, 0.3) is 0 Å². The zero-order valence-corrected chi connectivity index (χ0v) is 10.7. The second kappa shape index (κ2) is 7.71. The number of aryl methyl sites for hydroxylation is 1. The van der Waals surface area contributed by atoms with E-state index in [9.17, 15) is 4.79 Å². The van der Waals surface area contributed by atoms with Crippen molar-refractivity contribution in [2.24, 2.45) is 0 Å². The lowest BCUT2D eigenvalue weighted by atomic mass is 10.2. The lowest BCUT2D eigenvalue weighted by molar-refractivity contribution is -0.121. The summed E-state index contributed by atoms with van der Waals surface area (Å²) in [5.74, 6) is 0.887. The predicted octanol–water partition coefficient (Wildman–Crippen LogP) is 2.68. The molecule has 0 radical (unpaired) electrons. The zero-order chi connectivity index (χ0) is 12.5. The summed E-state index contributed by atoms with van der Waals surface area (Å²) in [5.41, 5.74) is 1.16. The molecule has 17 heavy (non-hydrogen) atoms. The van der Waals surface area contributed by atoms with Gasteiger partial charge in [0.1, 0.15) is 5.75 Å². The normalized spacial score (nSPS) is 10.0. The molecule has 3 heteroatoms. The van der Waals surface area contributed by atoms with Gasteiger partial charge in [-0.1, -0.05) is 25.5 Å². The molecule has 0 saturated carbocycles. The largest absolute Gasteiger partial charge is 0.493 e. The van der Waals surface area contributed by atoms with E-state index in [1.54, 1.807) is 0 Å². The third kappa shape index (κ3) is 5.95. The summed E-state index contributed by atoms with van der Waals surface area (Å²) >= 11 is 0. The van der Waals surface area contributed by atoms with Crippen LogP contribution in [0.5, 0.6) is 5.75 Å². The molecule has 3 nitrogen and oxygen atoms in total. The van der Waals surface area contributed by atoms with E-state index in [0.717, 1.165) is 30.7 Å². The monoisotopic (exact) mass is 235 g/mol. The van der Waals surface area contributed by atoms with Gasteiger partial charge in [-0.15, -0.1) is 0 Å². The fourth-order valence-electron chi connectivity index (χ4n) is 1.46. The minimum Gasteiger partial charge on any atom is -0.493 e. The highest BCUT2D eigenvalue weighted by molar-refractivity contribution is 5.75. The zero-order valence-electron chi connectivity index (χ0n) is 10.7. The average molecular weight is 235 g/mol. The third-order valence-electron chi connectivity index (χ3n) is 2.44. The molecule has 0 spiro atoms. The first-order chi connectivity index (χ1) is 8.22. The minimum absolute atomic E-state index is 0.0612. The standard InChI is InChI=1S/C14H21NO2/c1-3-4-9-15-14(16)8-10-17-13-7-5-6-12(2)11-13/h5-7,11H,3-4,8-10H2,1-2H3,(H,15,16). The topological polar surface area (TPSA) is 38.3 Å². The predicted molar refractivity (Wildman–Crippen MR) is 69.2 cm³/mol. The first-order valence-electron chi connectivity index (χ1n) is 6.18. The Kier molecular flexibility index (Phi) is 6.15. The first-order valence-corrected chi connectivity index (χ1v) is 6.18. The van der Waals surface area contributed by atoms with Crippen LogP contribution in [0.4, 0.5) is 0 Å². The molecule has 1 amide bonds. The van der Waals surface area contributed by atoms with Gasteiger partial charge in [-0.3, -0.25) is 4.79 Å². The number of unbranched alkanes of at least 4 members (excludes halogenated alkanes) is 1. The van der Waals surface area contributed by atoms with Gasteiger partial charge in [0.2, 0.25) is 5.91 Å². The number of ether oxygens (including phenoxy) is 1. The maximum Gasteiger partial charge on any atom is 0.223 e. The summed E-state index contributed by atoms with van der Waals surface area (Å²) < 4.78 is 5.50. The van der Waals surface area contributed by atoms with E-state index in [-0.39, 0.29) is 5.91 Å². The fraction of sp³-hybridized carbons (Fsp3) is 0.500. The maximum atomic E-state index is 11.4. The van der Waals surface area contributed by atoms with Gasteiger partial charge in [0.15, 0.2) is 0 Å². The van der Waals surface area contributed by atoms with E-state index in [0.29, 0.717) is 13.0 Å². The van der Waals surface area contributed by atoms with Crippen LogP contribution in [0.3, 0.4) is 0 Å². The van der Waals surface area contributed by atoms with Gasteiger partial charge >= 0.3 is 0 Å². The summed E-state index contributed by atoms with van der Waals surface area (Å²) in [4.78, 5) is 11.4. The highest BCUT2D eigenvalue weighted by Gasteiger charge is 2.01. The van der Waals surface area contributed by atoms with Crippen molar-refractivity contribution >= 4 is 5.91 Å². The van der Waals surface area contributed by atoms with E-state index in [4.69, 9.17) is 4.74 Å². The van der Waals surface area contributed by atoms with Gasteiger partial charge in [0, 0.05) is 6.54 Å². The van der Waals surface area contributed by atoms with Crippen LogP contribution < -0.4 is 10.1 Å². The van der Waals surface area contributed by atoms with Crippen molar-refractivity contribution in [3.05, 3.63) is 29.8 Å². The molecule has 0 bridgehead atoms. The molecule has 0 aliphatic rings. The van der Waals surface area contributed by atoms with Gasteiger partial charge < -0.3 is 10.1 Å². The third-order valence-corrected chi connectivity index (χ3v) is 2.44. The number of rotatable bonds is 7. The number of hydrogen-bond donors (Lipinski definition) is 1. The van der Waals surface area contributed by atoms with Crippen molar-refractivity contribution < 1.29 is 9.53 Å². The molecule has 1 aromatic rings. The highest BCUT2D eigenvalue weighted by Crippen LogP contribution is 2.12. The Morgan fingerprint density at radius 3 is 2.94 bits per heavy atom. The Hall–Kier alpha value is -1.51. The molecule has 1 rings (SSSR count). The van der Waals surface area contributed by atoms with E-state index in [1.807, 2.05) is 31.2 Å². The molecular formula is C14H21NO2. The molecule has 0 unspecified atom stereocenters. The van der Waals surface area contributed by atoms with Crippen LogP contribution in [-0.4, -0.2) is 19.1 Å². The summed E-state index contributed by atoms with van der Waals surface area (Å²) in [6, 6.07) is 7.84. The Morgan fingerprint density at radius 2 is 2.24 bits per heavy atom. The summed E-state index contributed by atoms with van der Waals surface area (Å²) in [7, 11) is 0. The van der Waals surface area contributed by atoms with Crippen molar-refractivity contribution in [1.82, 2.24) is 5.32 Å². The summed E-state index contributed by atoms with van der Waals surface area (Å²) in [5, 5.41) is 2.86. The van der Waals surface area contributed by atoms with Crippen LogP contribution >= 0.6 is 0 Å². The Morgan fingerprint density at radius 1 is 1.41 bits per heavy atom. The van der Waals surface area contributed by atoms with Crippen LogP contribution in [0.2, 0.25) is 0 Å². The summed E-state index contributed by atoms with van der Waals surface area (Å²) in [6.07, 6.45) is 2.54. The van der Waals surface area contributed by atoms with Crippen molar-refractivity contribution in [2.45, 2.75) is 33.1 Å². The fourth-order valence-corrected chi connectivity index (χ4v) is 1.46. The van der Waals surface area contributed by atoms with E-state index < -0.39 is 0 Å².